The molecular weight excluding hydrogens is 334 g/mol. The highest BCUT2D eigenvalue weighted by Crippen LogP contribution is 2.27. The molecule has 1 N–H and O–H groups in total. The highest BCUT2D eigenvalue weighted by atomic mass is 32.2. The summed E-state index contributed by atoms with van der Waals surface area (Å²) in [5.74, 6) is 1.54. The zero-order valence-corrected chi connectivity index (χ0v) is 15.8. The number of H-pyrrole nitrogens is 1. The smallest absolute Gasteiger partial charge is 0.196 e. The van der Waals surface area contributed by atoms with Gasteiger partial charge in [0.1, 0.15) is 5.75 Å². The number of hydrogen-bond acceptors (Lipinski definition) is 5. The lowest BCUT2D eigenvalue weighted by Gasteiger charge is -2.17. The lowest BCUT2D eigenvalue weighted by atomic mass is 10.2. The average molecular weight is 357 g/mol. The van der Waals surface area contributed by atoms with Crippen molar-refractivity contribution in [2.45, 2.75) is 44.9 Å². The molecule has 2 heterocycles. The van der Waals surface area contributed by atoms with Gasteiger partial charge in [-0.3, -0.25) is 4.98 Å². The summed E-state index contributed by atoms with van der Waals surface area (Å²) >= 11 is 1.64. The van der Waals surface area contributed by atoms with Crippen LogP contribution in [0.2, 0.25) is 0 Å². The molecule has 0 bridgehead atoms. The van der Waals surface area contributed by atoms with Crippen LogP contribution in [0.3, 0.4) is 0 Å². The molecule has 3 aromatic rings. The van der Waals surface area contributed by atoms with Crippen molar-refractivity contribution in [1.29, 1.82) is 0 Å². The van der Waals surface area contributed by atoms with E-state index in [0.29, 0.717) is 6.61 Å². The molecule has 25 heavy (non-hydrogen) atoms. The second-order valence-corrected chi connectivity index (χ2v) is 6.84. The Balaban J connectivity index is 1.71. The molecule has 1 unspecified atom stereocenters. The summed E-state index contributed by atoms with van der Waals surface area (Å²) in [5.41, 5.74) is 5.30. The Labute approximate surface area is 152 Å². The number of aromatic amines is 1. The molecule has 0 aliphatic carbocycles. The van der Waals surface area contributed by atoms with Crippen molar-refractivity contribution < 1.29 is 9.47 Å². The molecule has 0 radical (unpaired) electrons. The lowest BCUT2D eigenvalue weighted by Crippen LogP contribution is -2.16. The number of imidazole rings is 1. The average Bonchev–Trinajstić information content (AvgIpc) is 2.98. The Morgan fingerprint density at radius 3 is 2.88 bits per heavy atom. The van der Waals surface area contributed by atoms with Gasteiger partial charge in [0.15, 0.2) is 11.4 Å². The third kappa shape index (κ3) is 4.32. The van der Waals surface area contributed by atoms with Crippen LogP contribution in [0.15, 0.2) is 35.6 Å². The topological polar surface area (TPSA) is 60.0 Å². The normalized spacial score (nSPS) is 12.5. The number of aryl methyl sites for hydroxylation is 1. The second-order valence-electron chi connectivity index (χ2n) is 5.87. The first-order valence-corrected chi connectivity index (χ1v) is 9.37. The highest BCUT2D eigenvalue weighted by Gasteiger charge is 2.11. The van der Waals surface area contributed by atoms with Crippen LogP contribution >= 0.6 is 11.8 Å². The molecule has 132 valence electrons. The van der Waals surface area contributed by atoms with Crippen molar-refractivity contribution in [2.75, 3.05) is 6.61 Å². The monoisotopic (exact) mass is 357 g/mol. The number of pyridine rings is 1. The van der Waals surface area contributed by atoms with Gasteiger partial charge in [-0.2, -0.15) is 0 Å². The van der Waals surface area contributed by atoms with Gasteiger partial charge < -0.3 is 14.5 Å². The zero-order chi connectivity index (χ0) is 17.8. The van der Waals surface area contributed by atoms with Gasteiger partial charge in [-0.15, -0.1) is 0 Å². The van der Waals surface area contributed by atoms with E-state index in [1.54, 1.807) is 18.0 Å². The van der Waals surface area contributed by atoms with Gasteiger partial charge in [0.2, 0.25) is 0 Å². The van der Waals surface area contributed by atoms with Crippen LogP contribution in [0.4, 0.5) is 0 Å². The molecule has 5 nitrogen and oxygen atoms in total. The molecule has 0 fully saturated rings. The minimum Gasteiger partial charge on any atom is -0.465 e. The highest BCUT2D eigenvalue weighted by molar-refractivity contribution is 7.98. The van der Waals surface area contributed by atoms with Crippen molar-refractivity contribution >= 4 is 22.8 Å². The molecule has 1 aromatic carbocycles. The van der Waals surface area contributed by atoms with E-state index in [1.807, 2.05) is 32.9 Å². The van der Waals surface area contributed by atoms with Gasteiger partial charge in [-0.25, -0.2) is 4.98 Å². The molecule has 1 atom stereocenters. The van der Waals surface area contributed by atoms with Crippen molar-refractivity contribution in [1.82, 2.24) is 15.0 Å². The summed E-state index contributed by atoms with van der Waals surface area (Å²) in [6.45, 7) is 8.58. The van der Waals surface area contributed by atoms with Gasteiger partial charge >= 0.3 is 0 Å². The molecule has 0 spiro atoms. The minimum atomic E-state index is -0.273. The molecule has 6 heteroatoms. The Morgan fingerprint density at radius 1 is 1.24 bits per heavy atom. The van der Waals surface area contributed by atoms with E-state index >= 15 is 0 Å². The molecule has 0 amide bonds. The summed E-state index contributed by atoms with van der Waals surface area (Å²) in [6, 6.07) is 8.10. The third-order valence-corrected chi connectivity index (χ3v) is 4.80. The second kappa shape index (κ2) is 7.89. The number of rotatable bonds is 7. The van der Waals surface area contributed by atoms with E-state index in [2.05, 4.69) is 34.0 Å². The molecule has 0 aliphatic rings. The van der Waals surface area contributed by atoms with Crippen molar-refractivity contribution in [2.24, 2.45) is 0 Å². The Hall–Kier alpha value is -2.05. The standard InChI is InChI=1S/C19H23N3O2S/c1-5-23-14(4)24-18-8-9-20-17(13(18)3)11-25-19-21-15-7-6-12(2)10-16(15)22-19/h6-10,14H,5,11H2,1-4H3,(H,21,22). The number of nitrogens with one attached hydrogen (secondary N) is 1. The molecular formula is C19H23N3O2S. The number of benzene rings is 1. The van der Waals surface area contributed by atoms with Gasteiger partial charge in [0.25, 0.3) is 0 Å². The Morgan fingerprint density at radius 2 is 2.08 bits per heavy atom. The fraction of sp³-hybridized carbons (Fsp3) is 0.368. The number of aromatic nitrogens is 3. The van der Waals surface area contributed by atoms with Crippen molar-refractivity contribution in [3.8, 4) is 5.75 Å². The number of fused-ring (bicyclic) bond motifs is 1. The third-order valence-electron chi connectivity index (χ3n) is 3.91. The molecule has 3 rings (SSSR count). The van der Waals surface area contributed by atoms with Gasteiger partial charge in [0, 0.05) is 24.1 Å². The predicted octanol–water partition coefficient (Wildman–Crippen LogP) is 4.63. The van der Waals surface area contributed by atoms with Crippen LogP contribution in [0.25, 0.3) is 11.0 Å². The molecule has 2 aromatic heterocycles. The maximum Gasteiger partial charge on any atom is 0.196 e. The maximum atomic E-state index is 5.84. The van der Waals surface area contributed by atoms with Crippen LogP contribution in [0.1, 0.15) is 30.7 Å². The fourth-order valence-corrected chi connectivity index (χ4v) is 3.49. The van der Waals surface area contributed by atoms with Crippen LogP contribution in [-0.2, 0) is 10.5 Å². The Kier molecular flexibility index (Phi) is 5.60. The quantitative estimate of drug-likeness (QED) is 0.493. The SMILES string of the molecule is CCOC(C)Oc1ccnc(CSc2nc3ccc(C)cc3[nH]2)c1C. The van der Waals surface area contributed by atoms with E-state index in [0.717, 1.165) is 38.9 Å². The van der Waals surface area contributed by atoms with Gasteiger partial charge in [-0.1, -0.05) is 17.8 Å². The summed E-state index contributed by atoms with van der Waals surface area (Å²) in [7, 11) is 0. The largest absolute Gasteiger partial charge is 0.465 e. The number of hydrogen-bond donors (Lipinski definition) is 1. The summed E-state index contributed by atoms with van der Waals surface area (Å²) < 4.78 is 11.3. The van der Waals surface area contributed by atoms with E-state index in [1.165, 1.54) is 5.56 Å². The van der Waals surface area contributed by atoms with Gasteiger partial charge in [-0.05, 0) is 51.5 Å². The van der Waals surface area contributed by atoms with Gasteiger partial charge in [0.05, 0.1) is 16.7 Å². The van der Waals surface area contributed by atoms with E-state index in [-0.39, 0.29) is 6.29 Å². The number of nitrogens with zero attached hydrogens (tertiary/aromatic N) is 2. The van der Waals surface area contributed by atoms with Crippen molar-refractivity contribution in [3.63, 3.8) is 0 Å². The van der Waals surface area contributed by atoms with Crippen LogP contribution in [0, 0.1) is 13.8 Å². The fourth-order valence-electron chi connectivity index (χ4n) is 2.58. The predicted molar refractivity (Wildman–Crippen MR) is 101 cm³/mol. The molecule has 0 saturated heterocycles. The first-order chi connectivity index (χ1) is 12.1. The Bertz CT molecular complexity index is 863. The summed E-state index contributed by atoms with van der Waals surface area (Å²) in [4.78, 5) is 12.5. The summed E-state index contributed by atoms with van der Waals surface area (Å²) in [6.07, 6.45) is 1.50. The van der Waals surface area contributed by atoms with E-state index < -0.39 is 0 Å². The summed E-state index contributed by atoms with van der Waals surface area (Å²) in [5, 5.41) is 0.899. The van der Waals surface area contributed by atoms with Crippen molar-refractivity contribution in [3.05, 3.63) is 47.3 Å². The number of ether oxygens (including phenoxy) is 2. The van der Waals surface area contributed by atoms with E-state index in [4.69, 9.17) is 9.47 Å². The van der Waals surface area contributed by atoms with Crippen LogP contribution in [-0.4, -0.2) is 27.8 Å². The first-order valence-electron chi connectivity index (χ1n) is 8.38. The first kappa shape index (κ1) is 17.8. The van der Waals surface area contributed by atoms with Crippen LogP contribution < -0.4 is 4.74 Å². The zero-order valence-electron chi connectivity index (χ0n) is 15.0. The molecule has 0 saturated carbocycles. The van der Waals surface area contributed by atoms with E-state index in [9.17, 15) is 0 Å². The lowest BCUT2D eigenvalue weighted by molar-refractivity contribution is -0.0617. The molecule has 0 aliphatic heterocycles. The van der Waals surface area contributed by atoms with Crippen LogP contribution in [0.5, 0.6) is 5.75 Å². The number of thioether (sulfide) groups is 1. The maximum absolute atomic E-state index is 5.84. The minimum absolute atomic E-state index is 0.273.